The van der Waals surface area contributed by atoms with E-state index in [1.807, 2.05) is 6.07 Å². The fraction of sp³-hybridized carbons (Fsp3) is 0.154. The van der Waals surface area contributed by atoms with Gasteiger partial charge in [0.1, 0.15) is 0 Å². The third-order valence-electron chi connectivity index (χ3n) is 2.15. The third kappa shape index (κ3) is 5.89. The minimum absolute atomic E-state index is 0.135. The van der Waals surface area contributed by atoms with Gasteiger partial charge in [0.05, 0.1) is 11.6 Å². The maximum absolute atomic E-state index is 11.3. The number of hydrogen-bond donors (Lipinski definition) is 3. The quantitative estimate of drug-likeness (QED) is 0.686. The van der Waals surface area contributed by atoms with Crippen molar-refractivity contribution in [2.45, 2.75) is 6.54 Å². The molecule has 6 nitrogen and oxygen atoms in total. The van der Waals surface area contributed by atoms with Gasteiger partial charge in [-0.15, -0.1) is 0 Å². The molecule has 0 bridgehead atoms. The summed E-state index contributed by atoms with van der Waals surface area (Å²) in [4.78, 5) is 21.5. The van der Waals surface area contributed by atoms with Crippen LogP contribution in [0.2, 0.25) is 0 Å². The molecule has 3 N–H and O–H groups in total. The van der Waals surface area contributed by atoms with Crippen LogP contribution in [0.15, 0.2) is 36.4 Å². The third-order valence-corrected chi connectivity index (χ3v) is 2.15. The van der Waals surface area contributed by atoms with E-state index in [0.717, 1.165) is 11.6 Å². The van der Waals surface area contributed by atoms with Crippen LogP contribution in [0.4, 0.5) is 4.79 Å². The van der Waals surface area contributed by atoms with Crippen LogP contribution in [0.5, 0.6) is 0 Å². The maximum atomic E-state index is 11.3. The van der Waals surface area contributed by atoms with Crippen LogP contribution >= 0.6 is 0 Å². The number of nitrogens with one attached hydrogen (secondary N) is 2. The summed E-state index contributed by atoms with van der Waals surface area (Å²) < 4.78 is 0. The largest absolute Gasteiger partial charge is 0.478 e. The highest BCUT2D eigenvalue weighted by Crippen LogP contribution is 2.03. The molecule has 0 aliphatic rings. The van der Waals surface area contributed by atoms with Crippen LogP contribution in [-0.4, -0.2) is 23.7 Å². The first-order chi connectivity index (χ1) is 9.11. The van der Waals surface area contributed by atoms with Gasteiger partial charge in [-0.1, -0.05) is 18.2 Å². The maximum Gasteiger partial charge on any atom is 0.328 e. The Kier molecular flexibility index (Phi) is 5.63. The summed E-state index contributed by atoms with van der Waals surface area (Å²) in [5, 5.41) is 22.1. The van der Waals surface area contributed by atoms with Crippen LogP contribution in [-0.2, 0) is 11.3 Å². The molecule has 1 aromatic rings. The molecule has 0 atom stereocenters. The minimum atomic E-state index is -1.06. The molecule has 1 rings (SSSR count). The Labute approximate surface area is 110 Å². The minimum Gasteiger partial charge on any atom is -0.478 e. The van der Waals surface area contributed by atoms with E-state index < -0.39 is 12.0 Å². The molecule has 0 saturated carbocycles. The van der Waals surface area contributed by atoms with Crippen LogP contribution in [0, 0.1) is 11.3 Å². The van der Waals surface area contributed by atoms with Crippen molar-refractivity contribution in [2.75, 3.05) is 6.54 Å². The molecule has 0 aliphatic heterocycles. The number of carbonyl (C=O) groups is 2. The lowest BCUT2D eigenvalue weighted by atomic mass is 10.1. The van der Waals surface area contributed by atoms with Crippen LogP contribution in [0.1, 0.15) is 11.1 Å². The van der Waals surface area contributed by atoms with Crippen molar-refractivity contribution >= 4 is 12.0 Å². The standard InChI is InChI=1S/C13H13N3O3/c14-8-10-3-1-4-11(7-10)9-16-13(19)15-6-2-5-12(17)18/h1-5,7H,6,9H2,(H,17,18)(H2,15,16,19)/b5-2+. The molecule has 2 amide bonds. The van der Waals surface area contributed by atoms with Gasteiger partial charge in [-0.2, -0.15) is 5.26 Å². The number of nitriles is 1. The van der Waals surface area contributed by atoms with E-state index in [-0.39, 0.29) is 6.54 Å². The second kappa shape index (κ2) is 7.50. The number of carbonyl (C=O) groups excluding carboxylic acids is 1. The van der Waals surface area contributed by atoms with E-state index >= 15 is 0 Å². The summed E-state index contributed by atoms with van der Waals surface area (Å²) in [7, 11) is 0. The number of rotatable bonds is 5. The van der Waals surface area contributed by atoms with Gasteiger partial charge in [0.2, 0.25) is 0 Å². The number of carboxylic acids is 1. The lowest BCUT2D eigenvalue weighted by molar-refractivity contribution is -0.131. The van der Waals surface area contributed by atoms with E-state index in [2.05, 4.69) is 10.6 Å². The fourth-order valence-corrected chi connectivity index (χ4v) is 1.31. The molecule has 0 unspecified atom stereocenters. The van der Waals surface area contributed by atoms with E-state index in [0.29, 0.717) is 12.1 Å². The summed E-state index contributed by atoms with van der Waals surface area (Å²) in [6.07, 6.45) is 2.29. The Balaban J connectivity index is 2.34. The molecule has 0 fully saturated rings. The molecular formula is C13H13N3O3. The fourth-order valence-electron chi connectivity index (χ4n) is 1.31. The topological polar surface area (TPSA) is 102 Å². The van der Waals surface area contributed by atoms with E-state index in [9.17, 15) is 9.59 Å². The average Bonchev–Trinajstić information content (AvgIpc) is 2.41. The van der Waals surface area contributed by atoms with Gasteiger partial charge in [-0.3, -0.25) is 0 Å². The highest BCUT2D eigenvalue weighted by atomic mass is 16.4. The molecule has 6 heteroatoms. The van der Waals surface area contributed by atoms with E-state index in [4.69, 9.17) is 10.4 Å². The van der Waals surface area contributed by atoms with Crippen molar-refractivity contribution in [1.29, 1.82) is 5.26 Å². The highest BCUT2D eigenvalue weighted by Gasteiger charge is 1.99. The van der Waals surface area contributed by atoms with Gasteiger partial charge in [0, 0.05) is 19.2 Å². The van der Waals surface area contributed by atoms with Gasteiger partial charge in [-0.25, -0.2) is 9.59 Å². The Morgan fingerprint density at radius 2 is 2.16 bits per heavy atom. The number of aliphatic carboxylic acids is 1. The number of carboxylic acid groups (broad SMARTS) is 1. The summed E-state index contributed by atoms with van der Waals surface area (Å²) in [6, 6.07) is 8.51. The first kappa shape index (κ1) is 14.3. The molecule has 0 aromatic heterocycles. The SMILES string of the molecule is N#Cc1cccc(CNC(=O)NC/C=C/C(=O)O)c1. The smallest absolute Gasteiger partial charge is 0.328 e. The first-order valence-corrected chi connectivity index (χ1v) is 5.52. The van der Waals surface area contributed by atoms with Gasteiger partial charge < -0.3 is 15.7 Å². The zero-order valence-corrected chi connectivity index (χ0v) is 10.1. The number of hydrogen-bond acceptors (Lipinski definition) is 3. The Bertz CT molecular complexity index is 532. The Morgan fingerprint density at radius 1 is 1.37 bits per heavy atom. The Morgan fingerprint density at radius 3 is 2.84 bits per heavy atom. The predicted octanol–water partition coefficient (Wildman–Crippen LogP) is 0.998. The summed E-state index contributed by atoms with van der Waals surface area (Å²) >= 11 is 0. The van der Waals surface area contributed by atoms with Crippen LogP contribution in [0.3, 0.4) is 0 Å². The Hall–Kier alpha value is -2.81. The van der Waals surface area contributed by atoms with Crippen molar-refractivity contribution in [1.82, 2.24) is 10.6 Å². The summed E-state index contributed by atoms with van der Waals surface area (Å²) in [5.41, 5.74) is 1.35. The molecule has 0 spiro atoms. The molecule has 0 saturated heterocycles. The van der Waals surface area contributed by atoms with Crippen LogP contribution < -0.4 is 10.6 Å². The average molecular weight is 259 g/mol. The van der Waals surface area contributed by atoms with Crippen molar-refractivity contribution in [3.63, 3.8) is 0 Å². The number of nitrogens with zero attached hydrogens (tertiary/aromatic N) is 1. The van der Waals surface area contributed by atoms with E-state index in [1.54, 1.807) is 24.3 Å². The van der Waals surface area contributed by atoms with Crippen molar-refractivity contribution in [3.8, 4) is 6.07 Å². The van der Waals surface area contributed by atoms with Gasteiger partial charge in [-0.05, 0) is 17.7 Å². The van der Waals surface area contributed by atoms with E-state index in [1.165, 1.54) is 6.08 Å². The molecule has 0 radical (unpaired) electrons. The monoisotopic (exact) mass is 259 g/mol. The van der Waals surface area contributed by atoms with Gasteiger partial charge in [0.25, 0.3) is 0 Å². The first-order valence-electron chi connectivity index (χ1n) is 5.52. The number of benzene rings is 1. The molecule has 19 heavy (non-hydrogen) atoms. The molecule has 98 valence electrons. The van der Waals surface area contributed by atoms with Crippen molar-refractivity contribution in [2.24, 2.45) is 0 Å². The summed E-state index contributed by atoms with van der Waals surface area (Å²) in [5.74, 6) is -1.06. The lowest BCUT2D eigenvalue weighted by Gasteiger charge is -2.06. The number of amides is 2. The van der Waals surface area contributed by atoms with Crippen molar-refractivity contribution in [3.05, 3.63) is 47.5 Å². The highest BCUT2D eigenvalue weighted by molar-refractivity contribution is 5.80. The zero-order chi connectivity index (χ0) is 14.1. The second-order valence-corrected chi connectivity index (χ2v) is 3.62. The van der Waals surface area contributed by atoms with Gasteiger partial charge >= 0.3 is 12.0 Å². The molecule has 0 aliphatic carbocycles. The van der Waals surface area contributed by atoms with Gasteiger partial charge in [0.15, 0.2) is 0 Å². The van der Waals surface area contributed by atoms with Crippen molar-refractivity contribution < 1.29 is 14.7 Å². The normalized spacial score (nSPS) is 9.84. The predicted molar refractivity (Wildman–Crippen MR) is 68.2 cm³/mol. The molecule has 1 aromatic carbocycles. The lowest BCUT2D eigenvalue weighted by Crippen LogP contribution is -2.35. The number of urea groups is 1. The molecular weight excluding hydrogens is 246 g/mol. The second-order valence-electron chi connectivity index (χ2n) is 3.62. The zero-order valence-electron chi connectivity index (χ0n) is 10.1. The summed E-state index contributed by atoms with van der Waals surface area (Å²) in [6.45, 7) is 0.431. The molecule has 0 heterocycles. The van der Waals surface area contributed by atoms with Crippen LogP contribution in [0.25, 0.3) is 0 Å².